The maximum atomic E-state index is 13.5. The summed E-state index contributed by atoms with van der Waals surface area (Å²) in [7, 11) is 1.85. The van der Waals surface area contributed by atoms with Crippen molar-refractivity contribution < 1.29 is 9.18 Å². The van der Waals surface area contributed by atoms with E-state index in [1.165, 1.54) is 6.07 Å². The highest BCUT2D eigenvalue weighted by atomic mass is 79.9. The first-order chi connectivity index (χ1) is 11.5. The molecule has 0 N–H and O–H groups in total. The molecule has 3 rings (SSSR count). The summed E-state index contributed by atoms with van der Waals surface area (Å²) in [5.74, 6) is 1.76. The van der Waals surface area contributed by atoms with Gasteiger partial charge in [0.2, 0.25) is 0 Å². The summed E-state index contributed by atoms with van der Waals surface area (Å²) in [5.41, 5.74) is 1.36. The van der Waals surface area contributed by atoms with Crippen LogP contribution in [0.5, 0.6) is 0 Å². The van der Waals surface area contributed by atoms with Crippen LogP contribution in [0.15, 0.2) is 35.2 Å². The number of hydrogen-bond donors (Lipinski definition) is 0. The Morgan fingerprint density at radius 1 is 1.46 bits per heavy atom. The molecule has 4 nitrogen and oxygen atoms in total. The van der Waals surface area contributed by atoms with Crippen LogP contribution in [-0.2, 0) is 13.6 Å². The second-order valence-corrected chi connectivity index (χ2v) is 8.03. The van der Waals surface area contributed by atoms with E-state index in [4.69, 9.17) is 0 Å². The number of rotatable bonds is 4. The van der Waals surface area contributed by atoms with Crippen LogP contribution < -0.4 is 0 Å². The van der Waals surface area contributed by atoms with Gasteiger partial charge in [0.15, 0.2) is 0 Å². The minimum Gasteiger partial charge on any atom is -0.340 e. The molecule has 0 bridgehead atoms. The second kappa shape index (κ2) is 7.70. The SMILES string of the molecule is Cn1cnc(C(=O)N(Cc2ccc(F)c(Br)c2)C2CCSCC2)c1. The lowest BCUT2D eigenvalue weighted by Crippen LogP contribution is -2.42. The molecule has 0 saturated carbocycles. The van der Waals surface area contributed by atoms with Crippen molar-refractivity contribution in [3.05, 3.63) is 52.3 Å². The zero-order chi connectivity index (χ0) is 17.1. The first-order valence-electron chi connectivity index (χ1n) is 7.85. The lowest BCUT2D eigenvalue weighted by Gasteiger charge is -2.34. The quantitative estimate of drug-likeness (QED) is 0.766. The molecule has 1 aliphatic rings. The van der Waals surface area contributed by atoms with Gasteiger partial charge in [-0.25, -0.2) is 9.37 Å². The number of carbonyl (C=O) groups excluding carboxylic acids is 1. The van der Waals surface area contributed by atoms with Gasteiger partial charge in [0.05, 0.1) is 10.8 Å². The Kier molecular flexibility index (Phi) is 5.61. The third kappa shape index (κ3) is 4.00. The van der Waals surface area contributed by atoms with Gasteiger partial charge >= 0.3 is 0 Å². The van der Waals surface area contributed by atoms with E-state index >= 15 is 0 Å². The van der Waals surface area contributed by atoms with E-state index in [9.17, 15) is 9.18 Å². The summed E-state index contributed by atoms with van der Waals surface area (Å²) in [5, 5.41) is 0. The fourth-order valence-corrected chi connectivity index (χ4v) is 4.38. The van der Waals surface area contributed by atoms with Crippen molar-refractivity contribution in [2.45, 2.75) is 25.4 Å². The Morgan fingerprint density at radius 3 is 2.83 bits per heavy atom. The van der Waals surface area contributed by atoms with Gasteiger partial charge in [0.1, 0.15) is 11.5 Å². The monoisotopic (exact) mass is 411 g/mol. The predicted molar refractivity (Wildman–Crippen MR) is 97.5 cm³/mol. The minimum atomic E-state index is -0.296. The standard InChI is InChI=1S/C17H19BrFN3OS/c1-21-10-16(20-11-21)17(23)22(13-4-6-24-7-5-13)9-12-2-3-15(19)14(18)8-12/h2-3,8,10-11,13H,4-7,9H2,1H3. The first-order valence-corrected chi connectivity index (χ1v) is 9.80. The Balaban J connectivity index is 1.86. The number of thioether (sulfide) groups is 1. The highest BCUT2D eigenvalue weighted by molar-refractivity contribution is 9.10. The molecule has 0 unspecified atom stereocenters. The average molecular weight is 412 g/mol. The fourth-order valence-electron chi connectivity index (χ4n) is 2.87. The van der Waals surface area contributed by atoms with Crippen molar-refractivity contribution in [3.8, 4) is 0 Å². The van der Waals surface area contributed by atoms with Crippen molar-refractivity contribution in [2.75, 3.05) is 11.5 Å². The Morgan fingerprint density at radius 2 is 2.21 bits per heavy atom. The number of halogens is 2. The van der Waals surface area contributed by atoms with Gasteiger partial charge < -0.3 is 9.47 Å². The third-order valence-electron chi connectivity index (χ3n) is 4.15. The molecule has 0 radical (unpaired) electrons. The van der Waals surface area contributed by atoms with Crippen LogP contribution in [-0.4, -0.2) is 37.9 Å². The summed E-state index contributed by atoms with van der Waals surface area (Å²) in [6.45, 7) is 0.462. The van der Waals surface area contributed by atoms with Crippen molar-refractivity contribution in [3.63, 3.8) is 0 Å². The molecule has 24 heavy (non-hydrogen) atoms. The Bertz CT molecular complexity index is 730. The summed E-state index contributed by atoms with van der Waals surface area (Å²) in [6.07, 6.45) is 5.33. The van der Waals surface area contributed by atoms with Gasteiger partial charge in [-0.05, 0) is 58.0 Å². The Hall–Kier alpha value is -1.34. The smallest absolute Gasteiger partial charge is 0.274 e. The van der Waals surface area contributed by atoms with Gasteiger partial charge in [-0.2, -0.15) is 11.8 Å². The zero-order valence-corrected chi connectivity index (χ0v) is 15.8. The van der Waals surface area contributed by atoms with E-state index in [1.54, 1.807) is 29.2 Å². The van der Waals surface area contributed by atoms with Crippen molar-refractivity contribution in [2.24, 2.45) is 7.05 Å². The minimum absolute atomic E-state index is 0.0621. The highest BCUT2D eigenvalue weighted by Gasteiger charge is 2.28. The normalized spacial score (nSPS) is 15.5. The molecule has 0 aliphatic carbocycles. The van der Waals surface area contributed by atoms with Crippen molar-refractivity contribution >= 4 is 33.6 Å². The van der Waals surface area contributed by atoms with Crippen molar-refractivity contribution in [1.29, 1.82) is 0 Å². The van der Waals surface area contributed by atoms with Gasteiger partial charge in [-0.3, -0.25) is 4.79 Å². The number of imidazole rings is 1. The molecule has 128 valence electrons. The molecule has 1 aliphatic heterocycles. The molecule has 7 heteroatoms. The summed E-state index contributed by atoms with van der Waals surface area (Å²) < 4.78 is 15.7. The molecule has 1 fully saturated rings. The van der Waals surface area contributed by atoms with E-state index in [1.807, 2.05) is 23.7 Å². The number of benzene rings is 1. The predicted octanol–water partition coefficient (Wildman–Crippen LogP) is 3.86. The van der Waals surface area contributed by atoms with Crippen LogP contribution in [0, 0.1) is 5.82 Å². The molecule has 1 aromatic heterocycles. The fraction of sp³-hybridized carbons (Fsp3) is 0.412. The third-order valence-corrected chi connectivity index (χ3v) is 5.81. The molecule has 0 spiro atoms. The number of hydrogen-bond acceptors (Lipinski definition) is 3. The van der Waals surface area contributed by atoms with E-state index < -0.39 is 0 Å². The number of aryl methyl sites for hydroxylation is 1. The summed E-state index contributed by atoms with van der Waals surface area (Å²) in [6, 6.07) is 5.10. The van der Waals surface area contributed by atoms with Gasteiger partial charge in [0.25, 0.3) is 5.91 Å². The molecule has 1 aromatic carbocycles. The van der Waals surface area contributed by atoms with Crippen LogP contribution in [0.1, 0.15) is 28.9 Å². The maximum absolute atomic E-state index is 13.5. The average Bonchev–Trinajstić information content (AvgIpc) is 3.02. The first kappa shape index (κ1) is 17.5. The molecule has 0 atom stereocenters. The molecular formula is C17H19BrFN3OS. The van der Waals surface area contributed by atoms with E-state index in [2.05, 4.69) is 20.9 Å². The van der Waals surface area contributed by atoms with E-state index in [0.29, 0.717) is 16.7 Å². The highest BCUT2D eigenvalue weighted by Crippen LogP contribution is 2.26. The Labute approximate surface area is 153 Å². The maximum Gasteiger partial charge on any atom is 0.274 e. The number of nitrogens with zero attached hydrogens (tertiary/aromatic N) is 3. The van der Waals surface area contributed by atoms with Crippen LogP contribution in [0.25, 0.3) is 0 Å². The van der Waals surface area contributed by atoms with E-state index in [0.717, 1.165) is 29.9 Å². The van der Waals surface area contributed by atoms with Crippen LogP contribution in [0.2, 0.25) is 0 Å². The molecular weight excluding hydrogens is 393 g/mol. The van der Waals surface area contributed by atoms with Gasteiger partial charge in [-0.1, -0.05) is 6.07 Å². The molecule has 1 saturated heterocycles. The van der Waals surface area contributed by atoms with Crippen LogP contribution in [0.4, 0.5) is 4.39 Å². The van der Waals surface area contributed by atoms with Crippen molar-refractivity contribution in [1.82, 2.24) is 14.5 Å². The lowest BCUT2D eigenvalue weighted by molar-refractivity contribution is 0.0643. The zero-order valence-electron chi connectivity index (χ0n) is 13.4. The van der Waals surface area contributed by atoms with Gasteiger partial charge in [-0.15, -0.1) is 0 Å². The second-order valence-electron chi connectivity index (χ2n) is 5.95. The number of carbonyl (C=O) groups is 1. The summed E-state index contributed by atoms with van der Waals surface area (Å²) in [4.78, 5) is 19.1. The molecule has 2 heterocycles. The number of amides is 1. The van der Waals surface area contributed by atoms with Gasteiger partial charge in [0, 0.05) is 25.8 Å². The van der Waals surface area contributed by atoms with Crippen LogP contribution in [0.3, 0.4) is 0 Å². The molecule has 2 aromatic rings. The lowest BCUT2D eigenvalue weighted by atomic mass is 10.1. The van der Waals surface area contributed by atoms with Crippen LogP contribution >= 0.6 is 27.7 Å². The van der Waals surface area contributed by atoms with E-state index in [-0.39, 0.29) is 17.8 Å². The topological polar surface area (TPSA) is 38.1 Å². The molecule has 1 amide bonds. The number of aromatic nitrogens is 2. The summed E-state index contributed by atoms with van der Waals surface area (Å²) >= 11 is 5.14. The largest absolute Gasteiger partial charge is 0.340 e.